The molecule has 1 aromatic carbocycles. The lowest BCUT2D eigenvalue weighted by Gasteiger charge is -2.09. The minimum atomic E-state index is -3.42. The lowest BCUT2D eigenvalue weighted by molar-refractivity contribution is 0.317. The molecule has 0 amide bonds. The minimum absolute atomic E-state index is 0.271. The van der Waals surface area contributed by atoms with Crippen molar-refractivity contribution < 1.29 is 13.2 Å². The Hall–Kier alpha value is -1.11. The van der Waals surface area contributed by atoms with Crippen LogP contribution in [0, 0.1) is 0 Å². The predicted molar refractivity (Wildman–Crippen MR) is 78.4 cm³/mol. The van der Waals surface area contributed by atoms with Crippen molar-refractivity contribution >= 4 is 10.0 Å². The van der Waals surface area contributed by atoms with Crippen LogP contribution in [0.2, 0.25) is 0 Å². The molecule has 6 heteroatoms. The van der Waals surface area contributed by atoms with Gasteiger partial charge in [0.15, 0.2) is 0 Å². The molecule has 0 radical (unpaired) electrons. The summed E-state index contributed by atoms with van der Waals surface area (Å²) in [6.07, 6.45) is 3.33. The van der Waals surface area contributed by atoms with E-state index in [0.717, 1.165) is 6.42 Å². The van der Waals surface area contributed by atoms with E-state index in [0.29, 0.717) is 31.5 Å². The van der Waals surface area contributed by atoms with Gasteiger partial charge in [0.1, 0.15) is 5.75 Å². The van der Waals surface area contributed by atoms with Gasteiger partial charge in [0, 0.05) is 19.1 Å². The highest BCUT2D eigenvalue weighted by Crippen LogP contribution is 2.18. The lowest BCUT2D eigenvalue weighted by Crippen LogP contribution is -2.32. The predicted octanol–water partition coefficient (Wildman–Crippen LogP) is 1.51. The summed E-state index contributed by atoms with van der Waals surface area (Å²) < 4.78 is 32.1. The van der Waals surface area contributed by atoms with Crippen molar-refractivity contribution in [3.8, 4) is 5.75 Å². The van der Waals surface area contributed by atoms with Crippen LogP contribution in [0.4, 0.5) is 0 Å². The number of hydrogen-bond donors (Lipinski definition) is 2. The Morgan fingerprint density at radius 2 is 1.90 bits per heavy atom. The van der Waals surface area contributed by atoms with Crippen LogP contribution in [0.1, 0.15) is 26.2 Å². The summed E-state index contributed by atoms with van der Waals surface area (Å²) in [4.78, 5) is 0.271. The van der Waals surface area contributed by atoms with E-state index in [2.05, 4.69) is 10.0 Å². The molecular weight excluding hydrogens is 276 g/mol. The third kappa shape index (κ3) is 4.77. The van der Waals surface area contributed by atoms with Crippen LogP contribution in [0.5, 0.6) is 5.75 Å². The van der Waals surface area contributed by atoms with Crippen molar-refractivity contribution in [1.29, 1.82) is 0 Å². The zero-order valence-electron chi connectivity index (χ0n) is 11.8. The van der Waals surface area contributed by atoms with Gasteiger partial charge >= 0.3 is 0 Å². The summed E-state index contributed by atoms with van der Waals surface area (Å²) in [5.41, 5.74) is 0. The molecule has 1 aliphatic rings. The second-order valence-electron chi connectivity index (χ2n) is 4.95. The summed E-state index contributed by atoms with van der Waals surface area (Å²) in [5.74, 6) is 0.696. The molecule has 2 N–H and O–H groups in total. The van der Waals surface area contributed by atoms with E-state index in [1.807, 2.05) is 6.92 Å². The number of rotatable bonds is 9. The number of ether oxygens (including phenoxy) is 1. The first kappa shape index (κ1) is 15.3. The zero-order chi connectivity index (χ0) is 14.4. The highest BCUT2D eigenvalue weighted by Gasteiger charge is 2.20. The van der Waals surface area contributed by atoms with Crippen molar-refractivity contribution in [2.75, 3.05) is 19.7 Å². The molecule has 2 rings (SSSR count). The SMILES string of the molecule is CCCOc1ccc(S(=O)(=O)NCCNC2CC2)cc1. The Morgan fingerprint density at radius 3 is 2.50 bits per heavy atom. The fraction of sp³-hybridized carbons (Fsp3) is 0.571. The highest BCUT2D eigenvalue weighted by atomic mass is 32.2. The summed E-state index contributed by atoms with van der Waals surface area (Å²) in [6.45, 7) is 3.74. The maximum atomic E-state index is 12.0. The van der Waals surface area contributed by atoms with Crippen LogP contribution in [0.3, 0.4) is 0 Å². The van der Waals surface area contributed by atoms with Gasteiger partial charge in [-0.25, -0.2) is 13.1 Å². The van der Waals surface area contributed by atoms with Gasteiger partial charge < -0.3 is 10.1 Å². The highest BCUT2D eigenvalue weighted by molar-refractivity contribution is 7.89. The number of benzene rings is 1. The molecule has 112 valence electrons. The maximum absolute atomic E-state index is 12.0. The molecule has 0 saturated heterocycles. The number of sulfonamides is 1. The zero-order valence-corrected chi connectivity index (χ0v) is 12.6. The van der Waals surface area contributed by atoms with Crippen LogP contribution < -0.4 is 14.8 Å². The van der Waals surface area contributed by atoms with E-state index in [-0.39, 0.29) is 4.90 Å². The normalized spacial score (nSPS) is 15.2. The molecule has 0 unspecified atom stereocenters. The van der Waals surface area contributed by atoms with Crippen LogP contribution in [-0.2, 0) is 10.0 Å². The standard InChI is InChI=1S/C14H22N2O3S/c1-2-11-19-13-5-7-14(8-6-13)20(17,18)16-10-9-15-12-3-4-12/h5-8,12,15-16H,2-4,9-11H2,1H3. The van der Waals surface area contributed by atoms with Gasteiger partial charge in [-0.1, -0.05) is 6.92 Å². The fourth-order valence-corrected chi connectivity index (χ4v) is 2.80. The van der Waals surface area contributed by atoms with Crippen LogP contribution in [0.15, 0.2) is 29.2 Å². The first-order chi connectivity index (χ1) is 9.62. The summed E-state index contributed by atoms with van der Waals surface area (Å²) >= 11 is 0. The quantitative estimate of drug-likeness (QED) is 0.678. The first-order valence-corrected chi connectivity index (χ1v) is 8.56. The minimum Gasteiger partial charge on any atom is -0.494 e. The van der Waals surface area contributed by atoms with E-state index in [9.17, 15) is 8.42 Å². The average molecular weight is 298 g/mol. The molecule has 0 heterocycles. The van der Waals surface area contributed by atoms with Gasteiger partial charge in [0.2, 0.25) is 10.0 Å². The Bertz CT molecular complexity index is 510. The monoisotopic (exact) mass is 298 g/mol. The van der Waals surface area contributed by atoms with E-state index in [1.165, 1.54) is 12.8 Å². The molecule has 1 fully saturated rings. The third-order valence-corrected chi connectivity index (χ3v) is 4.51. The summed E-state index contributed by atoms with van der Waals surface area (Å²) in [6, 6.07) is 7.11. The van der Waals surface area contributed by atoms with Crippen LogP contribution >= 0.6 is 0 Å². The van der Waals surface area contributed by atoms with E-state index in [4.69, 9.17) is 4.74 Å². The van der Waals surface area contributed by atoms with Crippen LogP contribution in [0.25, 0.3) is 0 Å². The molecule has 0 bridgehead atoms. The number of hydrogen-bond acceptors (Lipinski definition) is 4. The number of nitrogens with one attached hydrogen (secondary N) is 2. The summed E-state index contributed by atoms with van der Waals surface area (Å²) in [7, 11) is -3.42. The Kier molecular flexibility index (Phi) is 5.39. The first-order valence-electron chi connectivity index (χ1n) is 7.08. The molecule has 5 nitrogen and oxygen atoms in total. The second-order valence-corrected chi connectivity index (χ2v) is 6.71. The second kappa shape index (κ2) is 7.06. The van der Waals surface area contributed by atoms with Gasteiger partial charge in [-0.3, -0.25) is 0 Å². The fourth-order valence-electron chi connectivity index (χ4n) is 1.77. The van der Waals surface area contributed by atoms with Crippen molar-refractivity contribution in [1.82, 2.24) is 10.0 Å². The molecule has 1 aromatic rings. The van der Waals surface area contributed by atoms with Crippen molar-refractivity contribution in [2.24, 2.45) is 0 Å². The molecule has 1 aliphatic carbocycles. The molecule has 0 atom stereocenters. The Labute approximate surface area is 120 Å². The third-order valence-electron chi connectivity index (χ3n) is 3.03. The lowest BCUT2D eigenvalue weighted by atomic mass is 10.3. The maximum Gasteiger partial charge on any atom is 0.240 e. The largest absolute Gasteiger partial charge is 0.494 e. The van der Waals surface area contributed by atoms with Gasteiger partial charge in [-0.15, -0.1) is 0 Å². The van der Waals surface area contributed by atoms with Crippen molar-refractivity contribution in [2.45, 2.75) is 37.1 Å². The molecule has 0 aliphatic heterocycles. The molecule has 1 saturated carbocycles. The molecule has 20 heavy (non-hydrogen) atoms. The van der Waals surface area contributed by atoms with Gasteiger partial charge in [0.25, 0.3) is 0 Å². The van der Waals surface area contributed by atoms with E-state index in [1.54, 1.807) is 24.3 Å². The van der Waals surface area contributed by atoms with E-state index >= 15 is 0 Å². The summed E-state index contributed by atoms with van der Waals surface area (Å²) in [5, 5.41) is 3.27. The molecule has 0 aromatic heterocycles. The molecule has 0 spiro atoms. The van der Waals surface area contributed by atoms with Crippen molar-refractivity contribution in [3.63, 3.8) is 0 Å². The van der Waals surface area contributed by atoms with Gasteiger partial charge in [0.05, 0.1) is 11.5 Å². The van der Waals surface area contributed by atoms with Crippen molar-refractivity contribution in [3.05, 3.63) is 24.3 Å². The Balaban J connectivity index is 1.83. The topological polar surface area (TPSA) is 67.4 Å². The van der Waals surface area contributed by atoms with Gasteiger partial charge in [-0.2, -0.15) is 0 Å². The Morgan fingerprint density at radius 1 is 1.20 bits per heavy atom. The van der Waals surface area contributed by atoms with Gasteiger partial charge in [-0.05, 0) is 43.5 Å². The smallest absolute Gasteiger partial charge is 0.240 e. The van der Waals surface area contributed by atoms with E-state index < -0.39 is 10.0 Å². The average Bonchev–Trinajstić information content (AvgIpc) is 3.26. The molecular formula is C14H22N2O3S. The van der Waals surface area contributed by atoms with Crippen LogP contribution in [-0.4, -0.2) is 34.2 Å².